The average Bonchev–Trinajstić information content (AvgIpc) is 2.54. The Morgan fingerprint density at radius 3 is 2.14 bits per heavy atom. The molecular weight excluding hydrogens is 332 g/mol. The minimum absolute atomic E-state index is 0.0561. The van der Waals surface area contributed by atoms with Gasteiger partial charge in [-0.1, -0.05) is 34.1 Å². The van der Waals surface area contributed by atoms with Crippen LogP contribution < -0.4 is 9.47 Å². The van der Waals surface area contributed by atoms with Crippen LogP contribution in [0.15, 0.2) is 46.9 Å². The zero-order valence-corrected chi connectivity index (χ0v) is 13.8. The Balaban J connectivity index is 2.18. The first-order chi connectivity index (χ1) is 10.2. The van der Waals surface area contributed by atoms with Crippen molar-refractivity contribution in [3.8, 4) is 11.5 Å². The zero-order chi connectivity index (χ0) is 15.2. The molecule has 0 saturated carbocycles. The molecule has 0 unspecified atom stereocenters. The smallest absolute Gasteiger partial charge is 0.120 e. The van der Waals surface area contributed by atoms with Crippen LogP contribution in [0.2, 0.25) is 0 Å². The maximum Gasteiger partial charge on any atom is 0.120 e. The van der Waals surface area contributed by atoms with Crippen molar-refractivity contribution in [2.45, 2.75) is 12.3 Å². The van der Waals surface area contributed by atoms with Crippen molar-refractivity contribution in [3.63, 3.8) is 0 Å². The van der Waals surface area contributed by atoms with E-state index in [0.717, 1.165) is 33.5 Å². The van der Waals surface area contributed by atoms with Gasteiger partial charge in [0.05, 0.1) is 20.8 Å². The Bertz CT molecular complexity index is 581. The summed E-state index contributed by atoms with van der Waals surface area (Å²) in [6, 6.07) is 13.7. The summed E-state index contributed by atoms with van der Waals surface area (Å²) in [7, 11) is 3.29. The third-order valence-corrected chi connectivity index (χ3v) is 4.27. The van der Waals surface area contributed by atoms with Crippen LogP contribution in [0.4, 0.5) is 0 Å². The second kappa shape index (κ2) is 7.48. The van der Waals surface area contributed by atoms with Gasteiger partial charge in [-0.05, 0) is 41.8 Å². The molecule has 3 nitrogen and oxygen atoms in total. The van der Waals surface area contributed by atoms with Gasteiger partial charge in [0, 0.05) is 10.4 Å². The van der Waals surface area contributed by atoms with Crippen LogP contribution in [0, 0.1) is 0 Å². The second-order valence-electron chi connectivity index (χ2n) is 4.81. The monoisotopic (exact) mass is 350 g/mol. The highest BCUT2D eigenvalue weighted by Gasteiger charge is 2.14. The molecule has 0 fully saturated rings. The Hall–Kier alpha value is -1.52. The molecule has 21 heavy (non-hydrogen) atoms. The van der Waals surface area contributed by atoms with Crippen LogP contribution in [-0.2, 0) is 6.42 Å². The lowest BCUT2D eigenvalue weighted by molar-refractivity contribution is 0.264. The molecule has 2 aromatic carbocycles. The Labute approximate surface area is 133 Å². The highest BCUT2D eigenvalue weighted by atomic mass is 79.9. The van der Waals surface area contributed by atoms with E-state index in [4.69, 9.17) is 9.47 Å². The number of hydrogen-bond acceptors (Lipinski definition) is 3. The molecule has 0 aliphatic heterocycles. The first kappa shape index (κ1) is 15.9. The van der Waals surface area contributed by atoms with E-state index < -0.39 is 0 Å². The van der Waals surface area contributed by atoms with Gasteiger partial charge in [-0.2, -0.15) is 0 Å². The van der Waals surface area contributed by atoms with Crippen LogP contribution in [0.1, 0.15) is 17.0 Å². The summed E-state index contributed by atoms with van der Waals surface area (Å²) in [6.07, 6.45) is 0.757. The SMILES string of the molecule is COc1ccc([C@@H](CO)Cc2ccc(OC)cc2Br)cc1. The summed E-state index contributed by atoms with van der Waals surface area (Å²) in [5, 5.41) is 9.69. The van der Waals surface area contributed by atoms with Crippen LogP contribution in [0.25, 0.3) is 0 Å². The molecule has 0 saturated heterocycles. The summed E-state index contributed by atoms with van der Waals surface area (Å²) in [5.41, 5.74) is 2.24. The van der Waals surface area contributed by atoms with Gasteiger partial charge >= 0.3 is 0 Å². The van der Waals surface area contributed by atoms with E-state index in [-0.39, 0.29) is 12.5 Å². The van der Waals surface area contributed by atoms with Crippen molar-refractivity contribution in [3.05, 3.63) is 58.1 Å². The van der Waals surface area contributed by atoms with Crippen molar-refractivity contribution in [1.82, 2.24) is 0 Å². The third kappa shape index (κ3) is 3.99. The molecule has 1 N–H and O–H groups in total. The molecule has 1 atom stereocenters. The highest BCUT2D eigenvalue weighted by Crippen LogP contribution is 2.29. The molecule has 0 aromatic heterocycles. The topological polar surface area (TPSA) is 38.7 Å². The number of methoxy groups -OCH3 is 2. The maximum atomic E-state index is 9.69. The van der Waals surface area contributed by atoms with Gasteiger partial charge in [0.25, 0.3) is 0 Å². The van der Waals surface area contributed by atoms with Crippen molar-refractivity contribution in [2.75, 3.05) is 20.8 Å². The number of rotatable bonds is 6. The molecule has 0 bridgehead atoms. The number of aliphatic hydroxyl groups is 1. The predicted octanol–water partition coefficient (Wildman–Crippen LogP) is 3.78. The molecule has 112 valence electrons. The van der Waals surface area contributed by atoms with Crippen LogP contribution >= 0.6 is 15.9 Å². The van der Waals surface area contributed by atoms with Gasteiger partial charge in [-0.3, -0.25) is 0 Å². The molecule has 0 aliphatic carbocycles. The van der Waals surface area contributed by atoms with Gasteiger partial charge in [-0.15, -0.1) is 0 Å². The lowest BCUT2D eigenvalue weighted by Gasteiger charge is -2.16. The van der Waals surface area contributed by atoms with E-state index in [9.17, 15) is 5.11 Å². The summed E-state index contributed by atoms with van der Waals surface area (Å²) < 4.78 is 11.4. The molecule has 0 amide bonds. The minimum Gasteiger partial charge on any atom is -0.497 e. The van der Waals surface area contributed by atoms with E-state index in [0.29, 0.717) is 0 Å². The lowest BCUT2D eigenvalue weighted by Crippen LogP contribution is -2.08. The molecule has 2 aromatic rings. The minimum atomic E-state index is 0.0561. The molecule has 0 radical (unpaired) electrons. The molecule has 0 heterocycles. The Morgan fingerprint density at radius 1 is 1.00 bits per heavy atom. The predicted molar refractivity (Wildman–Crippen MR) is 87.2 cm³/mol. The van der Waals surface area contributed by atoms with Crippen LogP contribution in [-0.4, -0.2) is 25.9 Å². The van der Waals surface area contributed by atoms with Gasteiger partial charge in [0.15, 0.2) is 0 Å². The number of benzene rings is 2. The zero-order valence-electron chi connectivity index (χ0n) is 12.2. The van der Waals surface area contributed by atoms with Crippen molar-refractivity contribution >= 4 is 15.9 Å². The first-order valence-electron chi connectivity index (χ1n) is 6.75. The molecule has 0 spiro atoms. The van der Waals surface area contributed by atoms with Crippen LogP contribution in [0.5, 0.6) is 11.5 Å². The normalized spacial score (nSPS) is 12.0. The van der Waals surface area contributed by atoms with E-state index in [1.54, 1.807) is 14.2 Å². The fourth-order valence-corrected chi connectivity index (χ4v) is 2.77. The van der Waals surface area contributed by atoms with Gasteiger partial charge in [0.1, 0.15) is 11.5 Å². The van der Waals surface area contributed by atoms with Crippen LogP contribution in [0.3, 0.4) is 0 Å². The fraction of sp³-hybridized carbons (Fsp3) is 0.294. The fourth-order valence-electron chi connectivity index (χ4n) is 2.25. The van der Waals surface area contributed by atoms with Gasteiger partial charge in [-0.25, -0.2) is 0 Å². The average molecular weight is 351 g/mol. The van der Waals surface area contributed by atoms with Crippen molar-refractivity contribution in [1.29, 1.82) is 0 Å². The molecular formula is C17H19BrO3. The number of halogens is 1. The third-order valence-electron chi connectivity index (χ3n) is 3.53. The largest absolute Gasteiger partial charge is 0.497 e. The molecule has 4 heteroatoms. The summed E-state index contributed by atoms with van der Waals surface area (Å²) in [4.78, 5) is 0. The van der Waals surface area contributed by atoms with E-state index >= 15 is 0 Å². The summed E-state index contributed by atoms with van der Waals surface area (Å²) in [5.74, 6) is 1.69. The quantitative estimate of drug-likeness (QED) is 0.861. The van der Waals surface area contributed by atoms with E-state index in [1.807, 2.05) is 42.5 Å². The summed E-state index contributed by atoms with van der Waals surface area (Å²) >= 11 is 3.56. The van der Waals surface area contributed by atoms with Crippen molar-refractivity contribution < 1.29 is 14.6 Å². The number of ether oxygens (including phenoxy) is 2. The van der Waals surface area contributed by atoms with E-state index in [1.165, 1.54) is 0 Å². The number of aliphatic hydroxyl groups excluding tert-OH is 1. The van der Waals surface area contributed by atoms with Crippen molar-refractivity contribution in [2.24, 2.45) is 0 Å². The van der Waals surface area contributed by atoms with Gasteiger partial charge < -0.3 is 14.6 Å². The van der Waals surface area contributed by atoms with Gasteiger partial charge in [0.2, 0.25) is 0 Å². The maximum absolute atomic E-state index is 9.69. The first-order valence-corrected chi connectivity index (χ1v) is 7.54. The lowest BCUT2D eigenvalue weighted by atomic mass is 9.92. The standard InChI is InChI=1S/C17H19BrO3/c1-20-15-6-3-12(4-7-15)14(11-19)9-13-5-8-16(21-2)10-17(13)18/h3-8,10,14,19H,9,11H2,1-2H3/t14-/m1/s1. The second-order valence-corrected chi connectivity index (χ2v) is 5.67. The highest BCUT2D eigenvalue weighted by molar-refractivity contribution is 9.10. The summed E-state index contributed by atoms with van der Waals surface area (Å²) in [6.45, 7) is 0.102. The van der Waals surface area contributed by atoms with E-state index in [2.05, 4.69) is 15.9 Å². The molecule has 0 aliphatic rings. The molecule has 2 rings (SSSR count). The Morgan fingerprint density at radius 2 is 1.62 bits per heavy atom. The Kier molecular flexibility index (Phi) is 5.65. The number of hydrogen-bond donors (Lipinski definition) is 1.